The van der Waals surface area contributed by atoms with E-state index < -0.39 is 41.3 Å². The van der Waals surface area contributed by atoms with Crippen molar-refractivity contribution in [3.05, 3.63) is 29.3 Å². The van der Waals surface area contributed by atoms with Gasteiger partial charge in [0.1, 0.15) is 18.2 Å². The third-order valence-electron chi connectivity index (χ3n) is 2.74. The molecule has 2 rings (SSSR count). The fourth-order valence-electron chi connectivity index (χ4n) is 2.00. The van der Waals surface area contributed by atoms with E-state index in [4.69, 9.17) is 0 Å². The monoisotopic (exact) mass is 282 g/mol. The van der Waals surface area contributed by atoms with Gasteiger partial charge in [-0.2, -0.15) is 0 Å². The molecule has 1 heterocycles. The van der Waals surface area contributed by atoms with Crippen molar-refractivity contribution in [1.82, 2.24) is 5.32 Å². The van der Waals surface area contributed by atoms with E-state index in [-0.39, 0.29) is 11.7 Å². The Morgan fingerprint density at radius 3 is 2.55 bits per heavy atom. The topological polar surface area (TPSA) is 66.5 Å². The Morgan fingerprint density at radius 2 is 1.95 bits per heavy atom. The van der Waals surface area contributed by atoms with Gasteiger partial charge in [0, 0.05) is 12.1 Å². The van der Waals surface area contributed by atoms with Crippen LogP contribution in [0.3, 0.4) is 0 Å². The second kappa shape index (κ2) is 4.99. The third kappa shape index (κ3) is 2.38. The molecule has 7 heteroatoms. The van der Waals surface area contributed by atoms with Crippen LogP contribution in [0.5, 0.6) is 0 Å². The zero-order valence-corrected chi connectivity index (χ0v) is 10.9. The molecular formula is C13H12F2N2O3. The summed E-state index contributed by atoms with van der Waals surface area (Å²) in [5.41, 5.74) is -0.704. The van der Waals surface area contributed by atoms with Crippen LogP contribution >= 0.6 is 0 Å². The average molecular weight is 282 g/mol. The highest BCUT2D eigenvalue weighted by atomic mass is 19.1. The zero-order valence-electron chi connectivity index (χ0n) is 10.9. The Labute approximate surface area is 113 Å². The van der Waals surface area contributed by atoms with E-state index >= 15 is 0 Å². The molecule has 0 saturated carbocycles. The average Bonchev–Trinajstić information content (AvgIpc) is 2.53. The number of anilines is 1. The van der Waals surface area contributed by atoms with E-state index in [2.05, 4.69) is 5.32 Å². The highest BCUT2D eigenvalue weighted by molar-refractivity contribution is 6.52. The summed E-state index contributed by atoms with van der Waals surface area (Å²) in [6.45, 7) is 2.99. The molecule has 2 amide bonds. The van der Waals surface area contributed by atoms with Gasteiger partial charge in [-0.3, -0.25) is 19.3 Å². The molecule has 0 radical (unpaired) electrons. The minimum Gasteiger partial charge on any atom is -0.352 e. The summed E-state index contributed by atoms with van der Waals surface area (Å²) in [4.78, 5) is 35.8. The van der Waals surface area contributed by atoms with Crippen LogP contribution in [0.15, 0.2) is 12.1 Å². The molecule has 1 aliphatic heterocycles. The Hall–Kier alpha value is -2.31. The summed E-state index contributed by atoms with van der Waals surface area (Å²) in [6, 6.07) is 1.24. The fraction of sp³-hybridized carbons (Fsp3) is 0.308. The predicted molar refractivity (Wildman–Crippen MR) is 66.3 cm³/mol. The van der Waals surface area contributed by atoms with Gasteiger partial charge >= 0.3 is 0 Å². The first-order chi connectivity index (χ1) is 9.31. The smallest absolute Gasteiger partial charge is 0.300 e. The largest absolute Gasteiger partial charge is 0.352 e. The van der Waals surface area contributed by atoms with Gasteiger partial charge in [-0.05, 0) is 19.9 Å². The van der Waals surface area contributed by atoms with Crippen molar-refractivity contribution in [2.45, 2.75) is 19.9 Å². The minimum absolute atomic E-state index is 0.153. The van der Waals surface area contributed by atoms with E-state index in [9.17, 15) is 23.2 Å². The summed E-state index contributed by atoms with van der Waals surface area (Å²) in [6.07, 6.45) is 0. The number of nitrogens with zero attached hydrogens (tertiary/aromatic N) is 1. The van der Waals surface area contributed by atoms with Gasteiger partial charge in [-0.1, -0.05) is 0 Å². The molecule has 0 bridgehead atoms. The summed E-state index contributed by atoms with van der Waals surface area (Å²) in [7, 11) is 0. The number of hydrogen-bond acceptors (Lipinski definition) is 3. The van der Waals surface area contributed by atoms with Gasteiger partial charge in [0.25, 0.3) is 11.7 Å². The van der Waals surface area contributed by atoms with Crippen LogP contribution in [0, 0.1) is 11.6 Å². The number of rotatable bonds is 3. The Balaban J connectivity index is 2.36. The van der Waals surface area contributed by atoms with Crippen molar-refractivity contribution in [3.63, 3.8) is 0 Å². The van der Waals surface area contributed by atoms with Crippen molar-refractivity contribution in [2.24, 2.45) is 0 Å². The quantitative estimate of drug-likeness (QED) is 0.842. The maximum atomic E-state index is 13.6. The van der Waals surface area contributed by atoms with Gasteiger partial charge in [0.2, 0.25) is 5.91 Å². The summed E-state index contributed by atoms with van der Waals surface area (Å²) in [5.74, 6) is -4.65. The maximum absolute atomic E-state index is 13.6. The lowest BCUT2D eigenvalue weighted by Gasteiger charge is -2.17. The van der Waals surface area contributed by atoms with Gasteiger partial charge in [0.15, 0.2) is 0 Å². The van der Waals surface area contributed by atoms with Gasteiger partial charge in [-0.15, -0.1) is 0 Å². The minimum atomic E-state index is -1.11. The third-order valence-corrected chi connectivity index (χ3v) is 2.74. The van der Waals surface area contributed by atoms with Crippen molar-refractivity contribution < 1.29 is 23.2 Å². The highest BCUT2D eigenvalue weighted by Crippen LogP contribution is 2.31. The Morgan fingerprint density at radius 1 is 1.30 bits per heavy atom. The molecule has 0 saturated heterocycles. The summed E-state index contributed by atoms with van der Waals surface area (Å²) >= 11 is 0. The molecule has 106 valence electrons. The van der Waals surface area contributed by atoms with Crippen LogP contribution in [-0.4, -0.2) is 30.2 Å². The lowest BCUT2D eigenvalue weighted by molar-refractivity contribution is -0.122. The lowest BCUT2D eigenvalue weighted by Crippen LogP contribution is -2.42. The standard InChI is InChI=1S/C13H12F2N2O3/c1-6(2)16-10(18)5-17-9-4-7(14)3-8(15)11(9)12(19)13(17)20/h3-4,6H,5H2,1-2H3,(H,16,18). The number of benzene rings is 1. The van der Waals surface area contributed by atoms with E-state index in [1.165, 1.54) is 0 Å². The van der Waals surface area contributed by atoms with Crippen LogP contribution in [0.4, 0.5) is 14.5 Å². The number of amides is 2. The number of Topliss-reactive ketones (excluding diaryl/α,β-unsaturated/α-hetero) is 1. The van der Waals surface area contributed by atoms with Gasteiger partial charge < -0.3 is 5.32 Å². The molecule has 20 heavy (non-hydrogen) atoms. The predicted octanol–water partition coefficient (Wildman–Crippen LogP) is 1.02. The first-order valence-electron chi connectivity index (χ1n) is 5.96. The maximum Gasteiger partial charge on any atom is 0.300 e. The summed E-state index contributed by atoms with van der Waals surface area (Å²) < 4.78 is 26.8. The first kappa shape index (κ1) is 14.1. The first-order valence-corrected chi connectivity index (χ1v) is 5.96. The molecule has 0 aromatic heterocycles. The molecule has 0 unspecified atom stereocenters. The van der Waals surface area contributed by atoms with E-state index in [1.54, 1.807) is 13.8 Å². The number of fused-ring (bicyclic) bond motifs is 1. The SMILES string of the molecule is CC(C)NC(=O)CN1C(=O)C(=O)c2c(F)cc(F)cc21. The van der Waals surface area contributed by atoms with E-state index in [0.717, 1.165) is 11.0 Å². The van der Waals surface area contributed by atoms with Crippen molar-refractivity contribution in [1.29, 1.82) is 0 Å². The number of carbonyl (C=O) groups excluding carboxylic acids is 3. The van der Waals surface area contributed by atoms with Gasteiger partial charge in [-0.25, -0.2) is 8.78 Å². The van der Waals surface area contributed by atoms with Crippen LogP contribution < -0.4 is 10.2 Å². The van der Waals surface area contributed by atoms with Crippen molar-refractivity contribution >= 4 is 23.3 Å². The highest BCUT2D eigenvalue weighted by Gasteiger charge is 2.39. The molecule has 1 N–H and O–H groups in total. The molecule has 1 aliphatic rings. The van der Waals surface area contributed by atoms with Crippen molar-refractivity contribution in [3.8, 4) is 0 Å². The molecule has 0 atom stereocenters. The molecular weight excluding hydrogens is 270 g/mol. The van der Waals surface area contributed by atoms with E-state index in [1.807, 2.05) is 0 Å². The van der Waals surface area contributed by atoms with Crippen LogP contribution in [-0.2, 0) is 9.59 Å². The number of carbonyl (C=O) groups is 3. The number of nitrogens with one attached hydrogen (secondary N) is 1. The number of halogens is 2. The van der Waals surface area contributed by atoms with Crippen LogP contribution in [0.25, 0.3) is 0 Å². The molecule has 1 aromatic rings. The van der Waals surface area contributed by atoms with Crippen molar-refractivity contribution in [2.75, 3.05) is 11.4 Å². The zero-order chi connectivity index (χ0) is 15.0. The lowest BCUT2D eigenvalue weighted by atomic mass is 10.1. The molecule has 0 aliphatic carbocycles. The van der Waals surface area contributed by atoms with Crippen LogP contribution in [0.2, 0.25) is 0 Å². The number of hydrogen-bond donors (Lipinski definition) is 1. The molecule has 0 fully saturated rings. The number of ketones is 1. The van der Waals surface area contributed by atoms with Gasteiger partial charge in [0.05, 0.1) is 11.3 Å². The normalized spacial score (nSPS) is 13.9. The molecule has 5 nitrogen and oxygen atoms in total. The van der Waals surface area contributed by atoms with E-state index in [0.29, 0.717) is 6.07 Å². The fourth-order valence-corrected chi connectivity index (χ4v) is 2.00. The Bertz CT molecular complexity index is 614. The van der Waals surface area contributed by atoms with Crippen LogP contribution in [0.1, 0.15) is 24.2 Å². The second-order valence-electron chi connectivity index (χ2n) is 4.72. The molecule has 0 spiro atoms. The molecule has 1 aromatic carbocycles. The second-order valence-corrected chi connectivity index (χ2v) is 4.72. The Kier molecular flexibility index (Phi) is 3.52. The summed E-state index contributed by atoms with van der Waals surface area (Å²) in [5, 5.41) is 2.53.